The molecule has 122 valence electrons. The van der Waals surface area contributed by atoms with Crippen molar-refractivity contribution in [3.8, 4) is 5.75 Å². The number of hydrogen-bond donors (Lipinski definition) is 1. The molecule has 1 aliphatic rings. The summed E-state index contributed by atoms with van der Waals surface area (Å²) in [4.78, 5) is 12.5. The Morgan fingerprint density at radius 2 is 1.77 bits per heavy atom. The minimum Gasteiger partial charge on any atom is -0.493 e. The fraction of sp³-hybridized carbons (Fsp3) is 0.632. The van der Waals surface area contributed by atoms with Gasteiger partial charge in [-0.05, 0) is 55.9 Å². The summed E-state index contributed by atoms with van der Waals surface area (Å²) in [7, 11) is 0. The van der Waals surface area contributed by atoms with E-state index in [1.807, 2.05) is 26.0 Å². The van der Waals surface area contributed by atoms with Gasteiger partial charge >= 0.3 is 0 Å². The molecule has 0 saturated heterocycles. The number of benzene rings is 1. The lowest BCUT2D eigenvalue weighted by Crippen LogP contribution is -2.30. The Bertz CT molecular complexity index is 519. The molecule has 0 unspecified atom stereocenters. The summed E-state index contributed by atoms with van der Waals surface area (Å²) in [5, 5.41) is 3.10. The number of carbonyl (C=O) groups excluding carboxylic acids is 1. The first-order chi connectivity index (χ1) is 10.3. The van der Waals surface area contributed by atoms with Crippen LogP contribution in [-0.4, -0.2) is 12.5 Å². The van der Waals surface area contributed by atoms with Crippen LogP contribution in [0.25, 0.3) is 0 Å². The molecule has 1 fully saturated rings. The highest BCUT2D eigenvalue weighted by Crippen LogP contribution is 2.39. The molecule has 0 atom stereocenters. The van der Waals surface area contributed by atoms with Gasteiger partial charge in [-0.3, -0.25) is 4.79 Å². The van der Waals surface area contributed by atoms with Gasteiger partial charge in [-0.1, -0.05) is 33.6 Å². The maximum Gasteiger partial charge on any atom is 0.230 e. The molecular weight excluding hydrogens is 274 g/mol. The van der Waals surface area contributed by atoms with Gasteiger partial charge in [0.2, 0.25) is 5.91 Å². The van der Waals surface area contributed by atoms with Gasteiger partial charge in [-0.25, -0.2) is 0 Å². The molecule has 1 N–H and O–H groups in total. The summed E-state index contributed by atoms with van der Waals surface area (Å²) in [6, 6.07) is 4.03. The molecule has 0 radical (unpaired) electrons. The van der Waals surface area contributed by atoms with Crippen LogP contribution in [0.15, 0.2) is 12.1 Å². The predicted molar refractivity (Wildman–Crippen MR) is 91.5 cm³/mol. The van der Waals surface area contributed by atoms with Crippen molar-refractivity contribution in [2.24, 2.45) is 11.3 Å². The van der Waals surface area contributed by atoms with E-state index in [1.165, 1.54) is 0 Å². The van der Waals surface area contributed by atoms with Gasteiger partial charge in [0, 0.05) is 11.1 Å². The number of carbonyl (C=O) groups is 1. The monoisotopic (exact) mass is 303 g/mol. The Hall–Kier alpha value is -1.51. The summed E-state index contributed by atoms with van der Waals surface area (Å²) >= 11 is 0. The van der Waals surface area contributed by atoms with Crippen LogP contribution in [0.2, 0.25) is 0 Å². The Kier molecular flexibility index (Phi) is 5.15. The van der Waals surface area contributed by atoms with Gasteiger partial charge in [0.25, 0.3) is 0 Å². The molecular formula is C19H29NO2. The molecule has 3 nitrogen and oxygen atoms in total. The van der Waals surface area contributed by atoms with Crippen molar-refractivity contribution in [1.82, 2.24) is 0 Å². The third-order valence-electron chi connectivity index (χ3n) is 4.53. The Morgan fingerprint density at radius 1 is 1.23 bits per heavy atom. The molecule has 1 aromatic carbocycles. The van der Waals surface area contributed by atoms with E-state index in [9.17, 15) is 4.79 Å². The molecule has 0 heterocycles. The normalized spacial score (nSPS) is 16.8. The third kappa shape index (κ3) is 3.82. The first kappa shape index (κ1) is 16.9. The van der Waals surface area contributed by atoms with E-state index in [2.05, 4.69) is 26.1 Å². The zero-order valence-electron chi connectivity index (χ0n) is 14.6. The van der Waals surface area contributed by atoms with Crippen LogP contribution < -0.4 is 10.1 Å². The number of anilines is 1. The highest BCUT2D eigenvalue weighted by Gasteiger charge is 2.36. The van der Waals surface area contributed by atoms with Gasteiger partial charge in [0.1, 0.15) is 5.75 Å². The first-order valence-electron chi connectivity index (χ1n) is 8.37. The third-order valence-corrected chi connectivity index (χ3v) is 4.53. The molecule has 0 aliphatic heterocycles. The Balaban J connectivity index is 2.11. The Morgan fingerprint density at radius 3 is 2.27 bits per heavy atom. The average Bonchev–Trinajstić information content (AvgIpc) is 2.85. The molecule has 1 aromatic rings. The second-order valence-electron chi connectivity index (χ2n) is 7.37. The van der Waals surface area contributed by atoms with Gasteiger partial charge in [0.15, 0.2) is 0 Å². The van der Waals surface area contributed by atoms with E-state index in [4.69, 9.17) is 4.74 Å². The summed E-state index contributed by atoms with van der Waals surface area (Å²) in [6.45, 7) is 11.1. The molecule has 1 amide bonds. The van der Waals surface area contributed by atoms with E-state index in [0.29, 0.717) is 12.5 Å². The molecule has 0 spiro atoms. The van der Waals surface area contributed by atoms with Crippen molar-refractivity contribution in [2.45, 2.75) is 60.3 Å². The zero-order valence-corrected chi connectivity index (χ0v) is 14.6. The quantitative estimate of drug-likeness (QED) is 0.843. The molecule has 22 heavy (non-hydrogen) atoms. The summed E-state index contributed by atoms with van der Waals surface area (Å²) in [5.41, 5.74) is 2.83. The summed E-state index contributed by atoms with van der Waals surface area (Å²) in [5.74, 6) is 1.60. The minimum absolute atomic E-state index is 0.152. The maximum atomic E-state index is 12.5. The SMILES string of the molecule is Cc1cc(NC(=O)C2(C)CCCC2)cc(C)c1OCC(C)C. The number of aryl methyl sites for hydroxylation is 2. The number of nitrogens with one attached hydrogen (secondary N) is 1. The predicted octanol–water partition coefficient (Wildman–Crippen LogP) is 4.86. The van der Waals surface area contributed by atoms with Crippen molar-refractivity contribution in [3.05, 3.63) is 23.3 Å². The van der Waals surface area contributed by atoms with E-state index >= 15 is 0 Å². The van der Waals surface area contributed by atoms with Crippen LogP contribution in [0.4, 0.5) is 5.69 Å². The minimum atomic E-state index is -0.200. The van der Waals surface area contributed by atoms with Gasteiger partial charge in [-0.15, -0.1) is 0 Å². The lowest BCUT2D eigenvalue weighted by Gasteiger charge is -2.23. The second kappa shape index (κ2) is 6.72. The fourth-order valence-electron chi connectivity index (χ4n) is 3.16. The Labute approximate surface area is 134 Å². The van der Waals surface area contributed by atoms with Crippen molar-refractivity contribution in [1.29, 1.82) is 0 Å². The smallest absolute Gasteiger partial charge is 0.230 e. The first-order valence-corrected chi connectivity index (χ1v) is 8.37. The van der Waals surface area contributed by atoms with E-state index in [1.54, 1.807) is 0 Å². The van der Waals surface area contributed by atoms with Crippen molar-refractivity contribution < 1.29 is 9.53 Å². The van der Waals surface area contributed by atoms with Crippen molar-refractivity contribution >= 4 is 11.6 Å². The van der Waals surface area contributed by atoms with Crippen LogP contribution in [-0.2, 0) is 4.79 Å². The second-order valence-corrected chi connectivity index (χ2v) is 7.37. The molecule has 2 rings (SSSR count). The van der Waals surface area contributed by atoms with E-state index < -0.39 is 0 Å². The van der Waals surface area contributed by atoms with E-state index in [-0.39, 0.29) is 11.3 Å². The molecule has 0 bridgehead atoms. The number of hydrogen-bond acceptors (Lipinski definition) is 2. The summed E-state index contributed by atoms with van der Waals surface area (Å²) < 4.78 is 5.90. The van der Waals surface area contributed by atoms with Crippen LogP contribution in [0, 0.1) is 25.2 Å². The van der Waals surface area contributed by atoms with Crippen LogP contribution >= 0.6 is 0 Å². The van der Waals surface area contributed by atoms with Crippen LogP contribution in [0.5, 0.6) is 5.75 Å². The molecule has 0 aromatic heterocycles. The molecule has 3 heteroatoms. The topological polar surface area (TPSA) is 38.3 Å². The summed E-state index contributed by atoms with van der Waals surface area (Å²) in [6.07, 6.45) is 4.30. The van der Waals surface area contributed by atoms with Gasteiger partial charge in [-0.2, -0.15) is 0 Å². The highest BCUT2D eigenvalue weighted by molar-refractivity contribution is 5.95. The highest BCUT2D eigenvalue weighted by atomic mass is 16.5. The van der Waals surface area contributed by atoms with E-state index in [0.717, 1.165) is 48.2 Å². The largest absolute Gasteiger partial charge is 0.493 e. The maximum absolute atomic E-state index is 12.5. The average molecular weight is 303 g/mol. The molecule has 1 saturated carbocycles. The van der Waals surface area contributed by atoms with Crippen molar-refractivity contribution in [3.63, 3.8) is 0 Å². The lowest BCUT2D eigenvalue weighted by atomic mass is 9.87. The van der Waals surface area contributed by atoms with Crippen LogP contribution in [0.1, 0.15) is 57.6 Å². The molecule has 1 aliphatic carbocycles. The fourth-order valence-corrected chi connectivity index (χ4v) is 3.16. The number of rotatable bonds is 5. The number of ether oxygens (including phenoxy) is 1. The standard InChI is InChI=1S/C19H29NO2/c1-13(2)12-22-17-14(3)10-16(11-15(17)4)20-18(21)19(5)8-6-7-9-19/h10-11,13H,6-9,12H2,1-5H3,(H,20,21). The number of amides is 1. The van der Waals surface area contributed by atoms with Gasteiger partial charge in [0.05, 0.1) is 6.61 Å². The van der Waals surface area contributed by atoms with Crippen LogP contribution in [0.3, 0.4) is 0 Å². The lowest BCUT2D eigenvalue weighted by molar-refractivity contribution is -0.124. The van der Waals surface area contributed by atoms with Crippen molar-refractivity contribution in [2.75, 3.05) is 11.9 Å². The zero-order chi connectivity index (χ0) is 16.3. The van der Waals surface area contributed by atoms with Gasteiger partial charge < -0.3 is 10.1 Å².